The number of alkyl halides is 1. The number of ether oxygens (including phenoxy) is 2. The molecule has 1 unspecified atom stereocenters. The van der Waals surface area contributed by atoms with Gasteiger partial charge >= 0.3 is 0 Å². The van der Waals surface area contributed by atoms with E-state index in [-0.39, 0.29) is 19.1 Å². The molecule has 0 saturated carbocycles. The van der Waals surface area contributed by atoms with Crippen LogP contribution in [0.5, 0.6) is 11.5 Å². The van der Waals surface area contributed by atoms with Crippen molar-refractivity contribution in [3.63, 3.8) is 0 Å². The number of nitrogens with zero attached hydrogens (tertiary/aromatic N) is 1. The SMILES string of the molecule is CCc1cc(C(C)(O)CNC(=O)c2ccc(OCCF)c(OC)c2)nc(C)c1C. The molecule has 29 heavy (non-hydrogen) atoms. The average Bonchev–Trinajstić information content (AvgIpc) is 2.72. The molecule has 158 valence electrons. The van der Waals surface area contributed by atoms with E-state index in [4.69, 9.17) is 9.47 Å². The Morgan fingerprint density at radius 1 is 1.28 bits per heavy atom. The summed E-state index contributed by atoms with van der Waals surface area (Å²) >= 11 is 0. The van der Waals surface area contributed by atoms with Gasteiger partial charge in [0.1, 0.15) is 18.9 Å². The number of aliphatic hydroxyl groups is 1. The molecule has 0 aliphatic heterocycles. The zero-order valence-corrected chi connectivity index (χ0v) is 17.6. The number of aromatic nitrogens is 1. The highest BCUT2D eigenvalue weighted by Gasteiger charge is 2.27. The minimum absolute atomic E-state index is 0.00704. The molecular weight excluding hydrogens is 375 g/mol. The normalized spacial score (nSPS) is 12.9. The third kappa shape index (κ3) is 5.44. The second-order valence-electron chi connectivity index (χ2n) is 7.09. The van der Waals surface area contributed by atoms with Gasteiger partial charge in [0.25, 0.3) is 5.91 Å². The summed E-state index contributed by atoms with van der Waals surface area (Å²) in [6.07, 6.45) is 0.835. The number of carbonyl (C=O) groups excluding carboxylic acids is 1. The Balaban J connectivity index is 2.14. The monoisotopic (exact) mass is 404 g/mol. The van der Waals surface area contributed by atoms with Crippen LogP contribution in [0, 0.1) is 13.8 Å². The lowest BCUT2D eigenvalue weighted by Gasteiger charge is -2.25. The third-order valence-electron chi connectivity index (χ3n) is 4.91. The number of hydrogen-bond acceptors (Lipinski definition) is 5. The van der Waals surface area contributed by atoms with Crippen molar-refractivity contribution in [2.24, 2.45) is 0 Å². The summed E-state index contributed by atoms with van der Waals surface area (Å²) in [5.74, 6) is 0.321. The first kappa shape index (κ1) is 22.6. The largest absolute Gasteiger partial charge is 0.493 e. The molecule has 2 aromatic rings. The minimum atomic E-state index is -1.33. The topological polar surface area (TPSA) is 80.7 Å². The van der Waals surface area contributed by atoms with Gasteiger partial charge in [0.05, 0.1) is 19.3 Å². The minimum Gasteiger partial charge on any atom is -0.493 e. The maximum absolute atomic E-state index is 12.6. The predicted octanol–water partition coefficient (Wildman–Crippen LogP) is 3.26. The molecule has 1 atom stereocenters. The molecule has 1 amide bonds. The number of hydrogen-bond donors (Lipinski definition) is 2. The van der Waals surface area contributed by atoms with Crippen LogP contribution >= 0.6 is 0 Å². The highest BCUT2D eigenvalue weighted by atomic mass is 19.1. The average molecular weight is 404 g/mol. The third-order valence-corrected chi connectivity index (χ3v) is 4.91. The summed E-state index contributed by atoms with van der Waals surface area (Å²) in [4.78, 5) is 17.1. The van der Waals surface area contributed by atoms with Gasteiger partial charge in [-0.15, -0.1) is 0 Å². The van der Waals surface area contributed by atoms with Crippen LogP contribution in [0.4, 0.5) is 4.39 Å². The second kappa shape index (κ2) is 9.69. The van der Waals surface area contributed by atoms with Gasteiger partial charge in [0.2, 0.25) is 0 Å². The Bertz CT molecular complexity index is 868. The van der Waals surface area contributed by atoms with E-state index >= 15 is 0 Å². The van der Waals surface area contributed by atoms with Gasteiger partial charge in [-0.1, -0.05) is 6.92 Å². The molecule has 7 heteroatoms. The molecule has 0 fully saturated rings. The fraction of sp³-hybridized carbons (Fsp3) is 0.455. The van der Waals surface area contributed by atoms with Gasteiger partial charge in [-0.3, -0.25) is 9.78 Å². The van der Waals surface area contributed by atoms with Gasteiger partial charge in [0.15, 0.2) is 11.5 Å². The van der Waals surface area contributed by atoms with Crippen molar-refractivity contribution in [3.8, 4) is 11.5 Å². The van der Waals surface area contributed by atoms with Crippen molar-refractivity contribution in [1.29, 1.82) is 0 Å². The molecule has 1 aromatic heterocycles. The van der Waals surface area contributed by atoms with Gasteiger partial charge in [-0.05, 0) is 62.6 Å². The molecule has 6 nitrogen and oxygen atoms in total. The van der Waals surface area contributed by atoms with Gasteiger partial charge in [-0.25, -0.2) is 4.39 Å². The zero-order chi connectivity index (χ0) is 21.6. The molecule has 1 heterocycles. The lowest BCUT2D eigenvalue weighted by Crippen LogP contribution is -2.39. The lowest BCUT2D eigenvalue weighted by molar-refractivity contribution is 0.0487. The van der Waals surface area contributed by atoms with E-state index in [0.29, 0.717) is 22.8 Å². The molecule has 0 bridgehead atoms. The molecule has 0 spiro atoms. The van der Waals surface area contributed by atoms with Gasteiger partial charge in [-0.2, -0.15) is 0 Å². The maximum atomic E-state index is 12.6. The van der Waals surface area contributed by atoms with Crippen molar-refractivity contribution >= 4 is 5.91 Å². The highest BCUT2D eigenvalue weighted by molar-refractivity contribution is 5.94. The second-order valence-corrected chi connectivity index (χ2v) is 7.09. The fourth-order valence-corrected chi connectivity index (χ4v) is 2.97. The Labute approximate surface area is 171 Å². The lowest BCUT2D eigenvalue weighted by atomic mass is 9.96. The number of pyridine rings is 1. The van der Waals surface area contributed by atoms with Crippen molar-refractivity contribution in [2.75, 3.05) is 26.9 Å². The van der Waals surface area contributed by atoms with Crippen LogP contribution in [0.25, 0.3) is 0 Å². The smallest absolute Gasteiger partial charge is 0.251 e. The predicted molar refractivity (Wildman–Crippen MR) is 109 cm³/mol. The van der Waals surface area contributed by atoms with E-state index in [0.717, 1.165) is 23.2 Å². The number of halogens is 1. The van der Waals surface area contributed by atoms with Gasteiger partial charge in [0, 0.05) is 11.3 Å². The Morgan fingerprint density at radius 3 is 2.62 bits per heavy atom. The number of amides is 1. The summed E-state index contributed by atoms with van der Waals surface area (Å²) in [7, 11) is 1.45. The molecular formula is C22H29FN2O4. The maximum Gasteiger partial charge on any atom is 0.251 e. The Morgan fingerprint density at radius 2 is 2.00 bits per heavy atom. The number of methoxy groups -OCH3 is 1. The van der Waals surface area contributed by atoms with E-state index in [1.807, 2.05) is 19.9 Å². The number of carbonyl (C=O) groups is 1. The van der Waals surface area contributed by atoms with Crippen LogP contribution < -0.4 is 14.8 Å². The van der Waals surface area contributed by atoms with Crippen LogP contribution in [0.15, 0.2) is 24.3 Å². The van der Waals surface area contributed by atoms with E-state index in [2.05, 4.69) is 17.2 Å². The van der Waals surface area contributed by atoms with E-state index in [1.165, 1.54) is 13.2 Å². The quantitative estimate of drug-likeness (QED) is 0.671. The Kier molecular flexibility index (Phi) is 7.56. The number of benzene rings is 1. The first-order chi connectivity index (χ1) is 13.7. The van der Waals surface area contributed by atoms with E-state index in [9.17, 15) is 14.3 Å². The molecule has 1 aromatic carbocycles. The van der Waals surface area contributed by atoms with Gasteiger partial charge < -0.3 is 19.9 Å². The molecule has 2 N–H and O–H groups in total. The van der Waals surface area contributed by atoms with Crippen LogP contribution in [0.1, 0.15) is 46.7 Å². The molecule has 0 aliphatic rings. The van der Waals surface area contributed by atoms with E-state index < -0.39 is 12.3 Å². The highest BCUT2D eigenvalue weighted by Crippen LogP contribution is 2.28. The van der Waals surface area contributed by atoms with E-state index in [1.54, 1.807) is 19.1 Å². The standard InChI is InChI=1S/C22H29FN2O4/c1-6-16-12-20(25-15(3)14(16)2)22(4,27)13-24-21(26)17-7-8-18(29-10-9-23)19(11-17)28-5/h7-8,11-12,27H,6,9-10,13H2,1-5H3,(H,24,26). The number of rotatable bonds is 9. The summed E-state index contributed by atoms with van der Waals surface area (Å²) in [5, 5.41) is 13.6. The van der Waals surface area contributed by atoms with Crippen molar-refractivity contribution in [3.05, 3.63) is 52.3 Å². The summed E-state index contributed by atoms with van der Waals surface area (Å²) < 4.78 is 22.8. The zero-order valence-electron chi connectivity index (χ0n) is 17.6. The van der Waals surface area contributed by atoms with Crippen LogP contribution in [0.2, 0.25) is 0 Å². The van der Waals surface area contributed by atoms with Crippen molar-refractivity contribution in [2.45, 2.75) is 39.7 Å². The van der Waals surface area contributed by atoms with Crippen LogP contribution in [0.3, 0.4) is 0 Å². The summed E-state index contributed by atoms with van der Waals surface area (Å²) in [5.41, 5.74) is 2.62. The first-order valence-electron chi connectivity index (χ1n) is 9.58. The summed E-state index contributed by atoms with van der Waals surface area (Å²) in [6, 6.07) is 6.51. The van der Waals surface area contributed by atoms with Crippen LogP contribution in [-0.4, -0.2) is 42.9 Å². The number of aryl methyl sites for hydroxylation is 2. The fourth-order valence-electron chi connectivity index (χ4n) is 2.97. The van der Waals surface area contributed by atoms with Crippen molar-refractivity contribution in [1.82, 2.24) is 10.3 Å². The number of nitrogens with one attached hydrogen (secondary N) is 1. The Hall–Kier alpha value is -2.67. The molecule has 0 radical (unpaired) electrons. The summed E-state index contributed by atoms with van der Waals surface area (Å²) in [6.45, 7) is 6.88. The molecule has 0 aliphatic carbocycles. The van der Waals surface area contributed by atoms with Crippen molar-refractivity contribution < 1.29 is 23.8 Å². The first-order valence-corrected chi connectivity index (χ1v) is 9.58. The molecule has 0 saturated heterocycles. The van der Waals surface area contributed by atoms with Crippen LogP contribution in [-0.2, 0) is 12.0 Å². The molecule has 2 rings (SSSR count).